The molecule has 7 heteroatoms. The van der Waals surface area contributed by atoms with Crippen LogP contribution in [0.3, 0.4) is 0 Å². The summed E-state index contributed by atoms with van der Waals surface area (Å²) in [5.74, 6) is -0.0112. The van der Waals surface area contributed by atoms with E-state index in [9.17, 15) is 9.59 Å². The number of fused-ring (bicyclic) bond motifs is 3. The van der Waals surface area contributed by atoms with Crippen LogP contribution in [0.4, 0.5) is 10.5 Å². The number of aromatic nitrogens is 1. The van der Waals surface area contributed by atoms with Crippen molar-refractivity contribution in [3.05, 3.63) is 35.2 Å². The fraction of sp³-hybridized carbons (Fsp3) is 0.389. The fourth-order valence-electron chi connectivity index (χ4n) is 3.53. The molecule has 2 aliphatic heterocycles. The molecule has 3 heterocycles. The lowest BCUT2D eigenvalue weighted by molar-refractivity contribution is -0.124. The molecular formula is C18H20N4O2S. The fourth-order valence-corrected chi connectivity index (χ4v) is 4.09. The van der Waals surface area contributed by atoms with Crippen LogP contribution in [0.5, 0.6) is 0 Å². The first-order valence-corrected chi connectivity index (χ1v) is 9.48. The van der Waals surface area contributed by atoms with Crippen LogP contribution >= 0.6 is 11.3 Å². The molecule has 1 aromatic carbocycles. The summed E-state index contributed by atoms with van der Waals surface area (Å²) in [5.41, 5.74) is 4.41. The van der Waals surface area contributed by atoms with E-state index in [4.69, 9.17) is 0 Å². The van der Waals surface area contributed by atoms with Gasteiger partial charge in [-0.15, -0.1) is 11.3 Å². The zero-order chi connectivity index (χ0) is 17.2. The summed E-state index contributed by atoms with van der Waals surface area (Å²) in [5, 5.41) is 8.00. The maximum Gasteiger partial charge on any atom is 0.321 e. The van der Waals surface area contributed by atoms with Crippen LogP contribution in [-0.2, 0) is 4.79 Å². The zero-order valence-electron chi connectivity index (χ0n) is 13.8. The molecule has 1 aromatic heterocycles. The van der Waals surface area contributed by atoms with Gasteiger partial charge in [-0.2, -0.15) is 0 Å². The predicted molar refractivity (Wildman–Crippen MR) is 97.4 cm³/mol. The van der Waals surface area contributed by atoms with Gasteiger partial charge in [-0.1, -0.05) is 18.6 Å². The minimum atomic E-state index is -0.149. The van der Waals surface area contributed by atoms with Crippen molar-refractivity contribution in [1.29, 1.82) is 0 Å². The minimum absolute atomic E-state index is 0.0621. The number of nitrogens with zero attached hydrogens (tertiary/aromatic N) is 2. The highest BCUT2D eigenvalue weighted by Crippen LogP contribution is 2.24. The summed E-state index contributed by atoms with van der Waals surface area (Å²) < 4.78 is 0. The predicted octanol–water partition coefficient (Wildman–Crippen LogP) is 2.94. The summed E-state index contributed by atoms with van der Waals surface area (Å²) in [6, 6.07) is 7.59. The highest BCUT2D eigenvalue weighted by atomic mass is 32.1. The van der Waals surface area contributed by atoms with Gasteiger partial charge >= 0.3 is 6.03 Å². The smallest absolute Gasteiger partial charge is 0.321 e. The number of anilines is 1. The average Bonchev–Trinajstić information content (AvgIpc) is 3.00. The largest absolute Gasteiger partial charge is 0.351 e. The highest BCUT2D eigenvalue weighted by molar-refractivity contribution is 7.07. The van der Waals surface area contributed by atoms with E-state index in [0.717, 1.165) is 36.2 Å². The van der Waals surface area contributed by atoms with Crippen molar-refractivity contribution in [1.82, 2.24) is 15.2 Å². The Bertz CT molecular complexity index is 777. The van der Waals surface area contributed by atoms with E-state index in [-0.39, 0.29) is 23.9 Å². The number of carbonyl (C=O) groups is 2. The number of benzene rings is 1. The molecule has 6 nitrogen and oxygen atoms in total. The Kier molecular flexibility index (Phi) is 4.40. The number of nitrogens with one attached hydrogen (secondary N) is 2. The third-order valence-electron chi connectivity index (χ3n) is 4.83. The summed E-state index contributed by atoms with van der Waals surface area (Å²) in [7, 11) is 0. The highest BCUT2D eigenvalue weighted by Gasteiger charge is 2.34. The molecule has 2 saturated heterocycles. The number of carbonyl (C=O) groups excluding carboxylic acids is 2. The van der Waals surface area contributed by atoms with Crippen molar-refractivity contribution in [3.8, 4) is 11.3 Å². The van der Waals surface area contributed by atoms with E-state index < -0.39 is 0 Å². The van der Waals surface area contributed by atoms with E-state index >= 15 is 0 Å². The first kappa shape index (κ1) is 16.1. The van der Waals surface area contributed by atoms with Crippen LogP contribution in [-0.4, -0.2) is 41.0 Å². The summed E-state index contributed by atoms with van der Waals surface area (Å²) >= 11 is 1.54. The Morgan fingerprint density at radius 3 is 3.08 bits per heavy atom. The van der Waals surface area contributed by atoms with E-state index in [2.05, 4.69) is 15.6 Å². The minimum Gasteiger partial charge on any atom is -0.351 e. The quantitative estimate of drug-likeness (QED) is 0.869. The van der Waals surface area contributed by atoms with Gasteiger partial charge in [-0.25, -0.2) is 9.78 Å². The normalized spacial score (nSPS) is 22.9. The van der Waals surface area contributed by atoms with E-state index in [1.54, 1.807) is 21.7 Å². The number of thiazole rings is 1. The van der Waals surface area contributed by atoms with Crippen molar-refractivity contribution < 1.29 is 9.59 Å². The molecular weight excluding hydrogens is 336 g/mol. The van der Waals surface area contributed by atoms with Gasteiger partial charge in [-0.3, -0.25) is 4.79 Å². The molecule has 0 radical (unpaired) electrons. The molecule has 0 spiro atoms. The maximum absolute atomic E-state index is 12.7. The van der Waals surface area contributed by atoms with Crippen LogP contribution in [0.25, 0.3) is 11.3 Å². The topological polar surface area (TPSA) is 74.3 Å². The second-order valence-electron chi connectivity index (χ2n) is 6.62. The van der Waals surface area contributed by atoms with Gasteiger partial charge in [0.15, 0.2) is 0 Å². The molecule has 3 amide bonds. The van der Waals surface area contributed by atoms with Gasteiger partial charge in [-0.05, 0) is 25.0 Å². The molecule has 2 N–H and O–H groups in total. The van der Waals surface area contributed by atoms with Gasteiger partial charge in [0.05, 0.1) is 17.1 Å². The summed E-state index contributed by atoms with van der Waals surface area (Å²) in [6.07, 6.45) is 2.83. The number of hydrogen-bond donors (Lipinski definition) is 2. The first-order valence-electron chi connectivity index (χ1n) is 8.54. The van der Waals surface area contributed by atoms with Gasteiger partial charge in [0.1, 0.15) is 0 Å². The maximum atomic E-state index is 12.7. The van der Waals surface area contributed by atoms with E-state index in [1.165, 1.54) is 0 Å². The lowest BCUT2D eigenvalue weighted by Gasteiger charge is -2.27. The third kappa shape index (κ3) is 3.51. The van der Waals surface area contributed by atoms with Gasteiger partial charge < -0.3 is 15.5 Å². The number of amides is 3. The molecule has 130 valence electrons. The SMILES string of the molecule is O=C1NC2CCCC1CN(C(=O)Nc1cccc(-c3cscn3)c1)C2. The first-order chi connectivity index (χ1) is 12.2. The molecule has 2 unspecified atom stereocenters. The second kappa shape index (κ2) is 6.84. The van der Waals surface area contributed by atoms with Crippen molar-refractivity contribution >= 4 is 29.0 Å². The van der Waals surface area contributed by atoms with Crippen LogP contribution in [0.15, 0.2) is 35.2 Å². The molecule has 25 heavy (non-hydrogen) atoms. The summed E-state index contributed by atoms with van der Waals surface area (Å²) in [6.45, 7) is 1.06. The summed E-state index contributed by atoms with van der Waals surface area (Å²) in [4.78, 5) is 30.9. The Morgan fingerprint density at radius 1 is 1.32 bits per heavy atom. The number of rotatable bonds is 2. The van der Waals surface area contributed by atoms with Gasteiger partial charge in [0.25, 0.3) is 0 Å². The van der Waals surface area contributed by atoms with Gasteiger partial charge in [0.2, 0.25) is 5.91 Å². The van der Waals surface area contributed by atoms with Crippen LogP contribution in [0.2, 0.25) is 0 Å². The lowest BCUT2D eigenvalue weighted by atomic mass is 9.99. The lowest BCUT2D eigenvalue weighted by Crippen LogP contribution is -2.43. The van der Waals surface area contributed by atoms with Crippen LogP contribution < -0.4 is 10.6 Å². The molecule has 2 fully saturated rings. The van der Waals surface area contributed by atoms with E-state index in [0.29, 0.717) is 13.1 Å². The molecule has 0 aliphatic carbocycles. The Morgan fingerprint density at radius 2 is 2.24 bits per heavy atom. The van der Waals surface area contributed by atoms with Crippen LogP contribution in [0, 0.1) is 5.92 Å². The van der Waals surface area contributed by atoms with Crippen molar-refractivity contribution in [2.45, 2.75) is 25.3 Å². The third-order valence-corrected chi connectivity index (χ3v) is 5.42. The van der Waals surface area contributed by atoms with Crippen molar-refractivity contribution in [3.63, 3.8) is 0 Å². The molecule has 0 saturated carbocycles. The molecule has 2 atom stereocenters. The number of hydrogen-bond acceptors (Lipinski definition) is 4. The Labute approximate surface area is 150 Å². The molecule has 4 rings (SSSR count). The monoisotopic (exact) mass is 356 g/mol. The number of likely N-dealkylation sites (tertiary alicyclic amines) is 1. The van der Waals surface area contributed by atoms with Crippen molar-refractivity contribution in [2.24, 2.45) is 5.92 Å². The second-order valence-corrected chi connectivity index (χ2v) is 7.34. The molecule has 2 aliphatic rings. The number of urea groups is 1. The van der Waals surface area contributed by atoms with Crippen LogP contribution in [0.1, 0.15) is 19.3 Å². The van der Waals surface area contributed by atoms with Gasteiger partial charge in [0, 0.05) is 35.8 Å². The molecule has 2 bridgehead atoms. The zero-order valence-corrected chi connectivity index (χ0v) is 14.6. The molecule has 2 aromatic rings. The standard InChI is InChI=1S/C18H20N4O2S/c23-17-13-4-2-6-15(20-17)9-22(8-13)18(24)21-14-5-1-3-12(7-14)16-10-25-11-19-16/h1,3,5,7,10-11,13,15H,2,4,6,8-9H2,(H,20,23)(H,21,24). The average molecular weight is 356 g/mol. The Balaban J connectivity index is 1.49. The Hall–Kier alpha value is -2.41. The van der Waals surface area contributed by atoms with Crippen molar-refractivity contribution in [2.75, 3.05) is 18.4 Å². The van der Waals surface area contributed by atoms with E-state index in [1.807, 2.05) is 29.6 Å².